The zero-order valence-corrected chi connectivity index (χ0v) is 14.0. The molecular weight excluding hydrogens is 258 g/mol. The summed E-state index contributed by atoms with van der Waals surface area (Å²) in [6.07, 6.45) is 10.2. The summed E-state index contributed by atoms with van der Waals surface area (Å²) in [5.41, 5.74) is 0.245. The molecule has 21 heavy (non-hydrogen) atoms. The number of nitriles is 1. The third kappa shape index (κ3) is 3.60. The number of hydrogen-bond acceptors (Lipinski definition) is 3. The Kier molecular flexibility index (Phi) is 4.05. The monoisotopic (exact) mass is 289 g/mol. The Morgan fingerprint density at radius 2 is 1.76 bits per heavy atom. The zero-order chi connectivity index (χ0) is 15.1. The SMILES string of the molecule is CN(CC(C#N)(NC1CC1)C1CC1)C1CCC(C)(C)CC1. The molecule has 3 heteroatoms. The van der Waals surface area contributed by atoms with Crippen LogP contribution in [0.15, 0.2) is 0 Å². The van der Waals surface area contributed by atoms with E-state index >= 15 is 0 Å². The molecule has 3 aliphatic rings. The highest BCUT2D eigenvalue weighted by Crippen LogP contribution is 2.43. The Bertz CT molecular complexity index is 407. The maximum atomic E-state index is 9.85. The van der Waals surface area contributed by atoms with E-state index in [1.54, 1.807) is 0 Å². The van der Waals surface area contributed by atoms with E-state index in [-0.39, 0.29) is 5.54 Å². The molecule has 0 spiro atoms. The summed E-state index contributed by atoms with van der Waals surface area (Å²) in [7, 11) is 2.24. The van der Waals surface area contributed by atoms with Crippen molar-refractivity contribution in [3.05, 3.63) is 0 Å². The van der Waals surface area contributed by atoms with Gasteiger partial charge in [-0.2, -0.15) is 5.26 Å². The minimum Gasteiger partial charge on any atom is -0.301 e. The molecule has 0 heterocycles. The summed E-state index contributed by atoms with van der Waals surface area (Å²) < 4.78 is 0. The summed E-state index contributed by atoms with van der Waals surface area (Å²) in [6, 6.07) is 3.97. The molecule has 0 aromatic carbocycles. The Morgan fingerprint density at radius 1 is 1.14 bits per heavy atom. The summed E-state index contributed by atoms with van der Waals surface area (Å²) in [5.74, 6) is 0.589. The van der Waals surface area contributed by atoms with Crippen molar-refractivity contribution in [1.29, 1.82) is 5.26 Å². The third-order valence-electron chi connectivity index (χ3n) is 5.94. The van der Waals surface area contributed by atoms with Gasteiger partial charge in [0, 0.05) is 18.6 Å². The van der Waals surface area contributed by atoms with E-state index in [2.05, 4.69) is 37.2 Å². The van der Waals surface area contributed by atoms with Crippen LogP contribution in [0.2, 0.25) is 0 Å². The molecule has 1 N–H and O–H groups in total. The summed E-state index contributed by atoms with van der Waals surface area (Å²) in [6.45, 7) is 5.69. The summed E-state index contributed by atoms with van der Waals surface area (Å²) in [5, 5.41) is 13.6. The van der Waals surface area contributed by atoms with Crippen LogP contribution >= 0.6 is 0 Å². The molecule has 0 amide bonds. The van der Waals surface area contributed by atoms with E-state index in [0.29, 0.717) is 23.4 Å². The van der Waals surface area contributed by atoms with Gasteiger partial charge in [-0.3, -0.25) is 5.32 Å². The lowest BCUT2D eigenvalue weighted by atomic mass is 9.75. The Morgan fingerprint density at radius 3 is 2.24 bits per heavy atom. The fourth-order valence-electron chi connectivity index (χ4n) is 3.97. The minimum atomic E-state index is -0.275. The van der Waals surface area contributed by atoms with Crippen molar-refractivity contribution >= 4 is 0 Å². The first kappa shape index (κ1) is 15.3. The van der Waals surface area contributed by atoms with Gasteiger partial charge in [-0.25, -0.2) is 0 Å². The van der Waals surface area contributed by atoms with Crippen molar-refractivity contribution in [2.45, 2.75) is 82.8 Å². The second-order valence-corrected chi connectivity index (χ2v) is 8.59. The van der Waals surface area contributed by atoms with E-state index in [4.69, 9.17) is 0 Å². The lowest BCUT2D eigenvalue weighted by molar-refractivity contribution is 0.104. The predicted molar refractivity (Wildman–Crippen MR) is 85.9 cm³/mol. The van der Waals surface area contributed by atoms with E-state index < -0.39 is 0 Å². The van der Waals surface area contributed by atoms with Crippen LogP contribution in [0.4, 0.5) is 0 Å². The first-order valence-electron chi connectivity index (χ1n) is 8.83. The molecule has 0 radical (unpaired) electrons. The number of nitrogens with one attached hydrogen (secondary N) is 1. The number of rotatable bonds is 6. The second-order valence-electron chi connectivity index (χ2n) is 8.59. The maximum Gasteiger partial charge on any atom is 0.122 e. The standard InChI is InChI=1S/C18H31N3/c1-17(2)10-8-16(9-11-17)21(3)13-18(12-19,14-4-5-14)20-15-6-7-15/h14-16,20H,4-11,13H2,1-3H3. The molecule has 3 nitrogen and oxygen atoms in total. The molecule has 118 valence electrons. The summed E-state index contributed by atoms with van der Waals surface area (Å²) in [4.78, 5) is 2.49. The molecule has 0 aliphatic heterocycles. The highest BCUT2D eigenvalue weighted by molar-refractivity contribution is 5.18. The molecule has 1 atom stereocenters. The van der Waals surface area contributed by atoms with Gasteiger partial charge in [0.05, 0.1) is 6.07 Å². The van der Waals surface area contributed by atoms with Gasteiger partial charge in [-0.15, -0.1) is 0 Å². The Hall–Kier alpha value is -0.590. The first-order chi connectivity index (χ1) is 9.94. The molecular formula is C18H31N3. The fourth-order valence-corrected chi connectivity index (χ4v) is 3.97. The Balaban J connectivity index is 1.61. The van der Waals surface area contributed by atoms with Crippen molar-refractivity contribution in [2.24, 2.45) is 11.3 Å². The van der Waals surface area contributed by atoms with E-state index in [1.807, 2.05) is 0 Å². The molecule has 1 unspecified atom stereocenters. The topological polar surface area (TPSA) is 39.1 Å². The van der Waals surface area contributed by atoms with Gasteiger partial charge >= 0.3 is 0 Å². The molecule has 3 rings (SSSR count). The van der Waals surface area contributed by atoms with Gasteiger partial charge in [0.15, 0.2) is 0 Å². The van der Waals surface area contributed by atoms with Crippen LogP contribution in [-0.4, -0.2) is 36.1 Å². The van der Waals surface area contributed by atoms with Crippen molar-refractivity contribution in [3.63, 3.8) is 0 Å². The van der Waals surface area contributed by atoms with Crippen LogP contribution in [0.5, 0.6) is 0 Å². The smallest absolute Gasteiger partial charge is 0.122 e. The average molecular weight is 289 g/mol. The van der Waals surface area contributed by atoms with Crippen LogP contribution < -0.4 is 5.32 Å². The average Bonchev–Trinajstić information content (AvgIpc) is 3.30. The van der Waals surface area contributed by atoms with E-state index in [0.717, 1.165) is 6.54 Å². The lowest BCUT2D eigenvalue weighted by Crippen LogP contribution is -2.56. The van der Waals surface area contributed by atoms with Gasteiger partial charge in [0.2, 0.25) is 0 Å². The molecule has 0 aromatic heterocycles. The Labute approximate surface area is 130 Å². The fraction of sp³-hybridized carbons (Fsp3) is 0.944. The molecule has 0 aromatic rings. The maximum absolute atomic E-state index is 9.85. The molecule has 3 saturated carbocycles. The molecule has 3 aliphatic carbocycles. The summed E-state index contributed by atoms with van der Waals surface area (Å²) >= 11 is 0. The number of likely N-dealkylation sites (N-methyl/N-ethyl adjacent to an activating group) is 1. The quantitative estimate of drug-likeness (QED) is 0.815. The largest absolute Gasteiger partial charge is 0.301 e. The van der Waals surface area contributed by atoms with Gasteiger partial charge in [0.25, 0.3) is 0 Å². The van der Waals surface area contributed by atoms with Crippen molar-refractivity contribution < 1.29 is 0 Å². The van der Waals surface area contributed by atoms with Crippen LogP contribution in [0.3, 0.4) is 0 Å². The van der Waals surface area contributed by atoms with Crippen molar-refractivity contribution in [2.75, 3.05) is 13.6 Å². The van der Waals surface area contributed by atoms with Crippen LogP contribution in [-0.2, 0) is 0 Å². The van der Waals surface area contributed by atoms with E-state index in [9.17, 15) is 5.26 Å². The predicted octanol–water partition coefficient (Wildman–Crippen LogP) is 3.31. The highest BCUT2D eigenvalue weighted by Gasteiger charge is 2.49. The zero-order valence-electron chi connectivity index (χ0n) is 14.0. The van der Waals surface area contributed by atoms with Crippen LogP contribution in [0, 0.1) is 22.7 Å². The number of nitrogens with zero attached hydrogens (tertiary/aromatic N) is 2. The second kappa shape index (κ2) is 5.56. The third-order valence-corrected chi connectivity index (χ3v) is 5.94. The lowest BCUT2D eigenvalue weighted by Gasteiger charge is -2.41. The first-order valence-corrected chi connectivity index (χ1v) is 8.83. The molecule has 0 bridgehead atoms. The van der Waals surface area contributed by atoms with E-state index in [1.165, 1.54) is 51.4 Å². The molecule has 0 saturated heterocycles. The van der Waals surface area contributed by atoms with Crippen molar-refractivity contribution in [3.8, 4) is 6.07 Å². The minimum absolute atomic E-state index is 0.275. The van der Waals surface area contributed by atoms with Gasteiger partial charge in [0.1, 0.15) is 5.54 Å². The normalized spacial score (nSPS) is 29.1. The number of hydrogen-bond donors (Lipinski definition) is 1. The van der Waals surface area contributed by atoms with Crippen LogP contribution in [0.1, 0.15) is 65.2 Å². The van der Waals surface area contributed by atoms with Gasteiger partial charge in [-0.05, 0) is 69.7 Å². The van der Waals surface area contributed by atoms with Gasteiger partial charge in [-0.1, -0.05) is 13.8 Å². The van der Waals surface area contributed by atoms with Crippen LogP contribution in [0.25, 0.3) is 0 Å². The molecule has 3 fully saturated rings. The van der Waals surface area contributed by atoms with Gasteiger partial charge < -0.3 is 4.90 Å². The highest BCUT2D eigenvalue weighted by atomic mass is 15.2. The van der Waals surface area contributed by atoms with Crippen molar-refractivity contribution in [1.82, 2.24) is 10.2 Å².